The molecule has 0 bridgehead atoms. The molecule has 1 amide bonds. The Hall–Kier alpha value is -3.49. The lowest BCUT2D eigenvalue weighted by Crippen LogP contribution is -2.51. The van der Waals surface area contributed by atoms with Crippen LogP contribution in [0.3, 0.4) is 0 Å². The average molecular weight is 461 g/mol. The summed E-state index contributed by atoms with van der Waals surface area (Å²) in [4.78, 5) is 30.0. The lowest BCUT2D eigenvalue weighted by atomic mass is 9.96. The number of rotatable bonds is 6. The van der Waals surface area contributed by atoms with Gasteiger partial charge in [-0.15, -0.1) is 16.4 Å². The number of piperazine rings is 1. The predicted molar refractivity (Wildman–Crippen MR) is 127 cm³/mol. The molecular formula is C25H24N4O3S. The molecule has 0 saturated carbocycles. The third-order valence-electron chi connectivity index (χ3n) is 5.89. The Morgan fingerprint density at radius 3 is 2.12 bits per heavy atom. The van der Waals surface area contributed by atoms with Gasteiger partial charge in [0.05, 0.1) is 10.9 Å². The Kier molecular flexibility index (Phi) is 6.19. The maximum absolute atomic E-state index is 12.9. The normalized spacial score (nSPS) is 14.6. The molecule has 0 spiro atoms. The molecular weight excluding hydrogens is 436 g/mol. The number of benzene rings is 2. The van der Waals surface area contributed by atoms with E-state index in [4.69, 9.17) is 4.42 Å². The summed E-state index contributed by atoms with van der Waals surface area (Å²) in [7, 11) is 0. The number of carbonyl (C=O) groups is 1. The van der Waals surface area contributed by atoms with Crippen molar-refractivity contribution in [2.75, 3.05) is 26.2 Å². The molecule has 1 aliphatic heterocycles. The minimum atomic E-state index is -0.612. The van der Waals surface area contributed by atoms with E-state index in [1.807, 2.05) is 29.6 Å². The van der Waals surface area contributed by atoms with Crippen molar-refractivity contribution in [3.63, 3.8) is 0 Å². The van der Waals surface area contributed by atoms with Crippen molar-refractivity contribution in [2.45, 2.75) is 12.6 Å². The first-order chi connectivity index (χ1) is 16.2. The van der Waals surface area contributed by atoms with Crippen molar-refractivity contribution >= 4 is 17.2 Å². The molecule has 2 aromatic heterocycles. The second-order valence-corrected chi connectivity index (χ2v) is 8.90. The van der Waals surface area contributed by atoms with Crippen molar-refractivity contribution in [2.24, 2.45) is 0 Å². The highest BCUT2D eigenvalue weighted by atomic mass is 32.1. The van der Waals surface area contributed by atoms with Gasteiger partial charge in [0.25, 0.3) is 5.89 Å². The maximum Gasteiger partial charge on any atom is 0.437 e. The molecule has 7 nitrogen and oxygen atoms in total. The third-order valence-corrected chi connectivity index (χ3v) is 6.74. The minimum Gasteiger partial charge on any atom is -0.387 e. The molecule has 4 aromatic rings. The zero-order chi connectivity index (χ0) is 22.6. The summed E-state index contributed by atoms with van der Waals surface area (Å²) in [5.74, 6) is -0.487. The summed E-state index contributed by atoms with van der Waals surface area (Å²) < 4.78 is 6.33. The zero-order valence-corrected chi connectivity index (χ0v) is 18.9. The number of hydrogen-bond donors (Lipinski definition) is 0. The van der Waals surface area contributed by atoms with Gasteiger partial charge in [0, 0.05) is 26.2 Å². The van der Waals surface area contributed by atoms with Crippen molar-refractivity contribution in [1.29, 1.82) is 0 Å². The van der Waals surface area contributed by atoms with Crippen molar-refractivity contribution in [3.05, 3.63) is 99.9 Å². The highest BCUT2D eigenvalue weighted by Crippen LogP contribution is 2.29. The van der Waals surface area contributed by atoms with E-state index in [9.17, 15) is 9.59 Å². The largest absolute Gasteiger partial charge is 0.437 e. The van der Waals surface area contributed by atoms with E-state index < -0.39 is 5.76 Å². The number of amides is 1. The Balaban J connectivity index is 1.26. The molecule has 8 heteroatoms. The number of carbonyl (C=O) groups excluding carboxylic acids is 1. The molecule has 1 aliphatic rings. The number of aromatic nitrogens is 2. The first kappa shape index (κ1) is 21.4. The highest BCUT2D eigenvalue weighted by molar-refractivity contribution is 7.13. The molecule has 3 heterocycles. The van der Waals surface area contributed by atoms with Crippen LogP contribution in [0.5, 0.6) is 0 Å². The Labute approximate surface area is 195 Å². The molecule has 0 unspecified atom stereocenters. The summed E-state index contributed by atoms with van der Waals surface area (Å²) >= 11 is 1.43. The fraction of sp³-hybridized carbons (Fsp3) is 0.240. The van der Waals surface area contributed by atoms with Crippen molar-refractivity contribution in [3.8, 4) is 10.8 Å². The van der Waals surface area contributed by atoms with Gasteiger partial charge in [0.1, 0.15) is 6.54 Å². The standard InChI is InChI=1S/C25H24N4O3S/c30-22(18-29-25(31)32-24(26-29)21-12-7-17-33-21)27-13-15-28(16-14-27)23(19-8-3-1-4-9-19)20-10-5-2-6-11-20/h1-12,17,23H,13-16,18H2. The molecule has 33 heavy (non-hydrogen) atoms. The molecule has 0 aliphatic carbocycles. The SMILES string of the molecule is O=C(Cn1nc(-c2cccs2)oc1=O)N1CCN(C(c2ccccc2)c2ccccc2)CC1. The summed E-state index contributed by atoms with van der Waals surface area (Å²) in [6, 6.07) is 24.7. The van der Waals surface area contributed by atoms with Crippen LogP contribution in [0.4, 0.5) is 0 Å². The molecule has 1 fully saturated rings. The van der Waals surface area contributed by atoms with Crippen LogP contribution in [-0.4, -0.2) is 51.7 Å². The van der Waals surface area contributed by atoms with Gasteiger partial charge in [-0.2, -0.15) is 4.68 Å². The van der Waals surface area contributed by atoms with Gasteiger partial charge in [-0.25, -0.2) is 4.79 Å². The minimum absolute atomic E-state index is 0.117. The lowest BCUT2D eigenvalue weighted by Gasteiger charge is -2.39. The van der Waals surface area contributed by atoms with E-state index in [1.165, 1.54) is 22.5 Å². The highest BCUT2D eigenvalue weighted by Gasteiger charge is 2.28. The first-order valence-electron chi connectivity index (χ1n) is 10.9. The molecule has 0 radical (unpaired) electrons. The molecule has 1 saturated heterocycles. The van der Waals surface area contributed by atoms with E-state index in [0.29, 0.717) is 13.1 Å². The second-order valence-electron chi connectivity index (χ2n) is 7.95. The van der Waals surface area contributed by atoms with Gasteiger partial charge in [0.15, 0.2) is 0 Å². The van der Waals surface area contributed by atoms with E-state index in [2.05, 4.69) is 58.5 Å². The van der Waals surface area contributed by atoms with Gasteiger partial charge in [-0.05, 0) is 22.6 Å². The summed E-state index contributed by atoms with van der Waals surface area (Å²) in [5, 5.41) is 6.09. The molecule has 0 atom stereocenters. The van der Waals surface area contributed by atoms with Crippen LogP contribution in [0.2, 0.25) is 0 Å². The van der Waals surface area contributed by atoms with Crippen LogP contribution in [-0.2, 0) is 11.3 Å². The van der Waals surface area contributed by atoms with Crippen LogP contribution < -0.4 is 5.76 Å². The first-order valence-corrected chi connectivity index (χ1v) is 11.8. The fourth-order valence-electron chi connectivity index (χ4n) is 4.25. The summed E-state index contributed by atoms with van der Waals surface area (Å²) in [6.07, 6.45) is 0. The van der Waals surface area contributed by atoms with Gasteiger partial charge >= 0.3 is 5.76 Å². The van der Waals surface area contributed by atoms with Crippen LogP contribution in [0.1, 0.15) is 17.2 Å². The predicted octanol–water partition coefficient (Wildman–Crippen LogP) is 3.50. The molecule has 2 aromatic carbocycles. The smallest absolute Gasteiger partial charge is 0.387 e. The van der Waals surface area contributed by atoms with Crippen molar-refractivity contribution < 1.29 is 9.21 Å². The van der Waals surface area contributed by atoms with Gasteiger partial charge in [-0.3, -0.25) is 9.69 Å². The Morgan fingerprint density at radius 1 is 0.909 bits per heavy atom. The van der Waals surface area contributed by atoms with E-state index in [1.54, 1.807) is 4.90 Å². The maximum atomic E-state index is 12.9. The Morgan fingerprint density at radius 2 is 1.55 bits per heavy atom. The van der Waals surface area contributed by atoms with Gasteiger partial charge in [0.2, 0.25) is 5.91 Å². The fourth-order valence-corrected chi connectivity index (χ4v) is 4.89. The quantitative estimate of drug-likeness (QED) is 0.440. The zero-order valence-electron chi connectivity index (χ0n) is 18.0. The number of thiophene rings is 1. The topological polar surface area (TPSA) is 71.6 Å². The van der Waals surface area contributed by atoms with E-state index in [0.717, 1.165) is 22.6 Å². The van der Waals surface area contributed by atoms with Crippen molar-refractivity contribution in [1.82, 2.24) is 19.6 Å². The van der Waals surface area contributed by atoms with E-state index in [-0.39, 0.29) is 24.4 Å². The second kappa shape index (κ2) is 9.56. The Bertz CT molecular complexity index is 1200. The monoisotopic (exact) mass is 460 g/mol. The third kappa shape index (κ3) is 4.67. The lowest BCUT2D eigenvalue weighted by molar-refractivity contribution is -0.134. The van der Waals surface area contributed by atoms with Gasteiger partial charge in [-0.1, -0.05) is 66.7 Å². The average Bonchev–Trinajstić information content (AvgIpc) is 3.51. The summed E-state index contributed by atoms with van der Waals surface area (Å²) in [5.41, 5.74) is 2.47. The van der Waals surface area contributed by atoms with Crippen LogP contribution in [0, 0.1) is 0 Å². The van der Waals surface area contributed by atoms with Gasteiger partial charge < -0.3 is 9.32 Å². The molecule has 168 valence electrons. The number of hydrogen-bond acceptors (Lipinski definition) is 6. The van der Waals surface area contributed by atoms with Crippen LogP contribution in [0.25, 0.3) is 10.8 Å². The van der Waals surface area contributed by atoms with E-state index >= 15 is 0 Å². The molecule has 5 rings (SSSR count). The number of nitrogens with zero attached hydrogens (tertiary/aromatic N) is 4. The summed E-state index contributed by atoms with van der Waals surface area (Å²) in [6.45, 7) is 2.57. The van der Waals surface area contributed by atoms with Crippen LogP contribution in [0.15, 0.2) is 87.4 Å². The molecule has 0 N–H and O–H groups in total. The van der Waals surface area contributed by atoms with Crippen LogP contribution >= 0.6 is 11.3 Å².